The maximum Gasteiger partial charge on any atom is 0.129 e. The summed E-state index contributed by atoms with van der Waals surface area (Å²) in [6, 6.07) is 12.2. The van der Waals surface area contributed by atoms with E-state index in [0.29, 0.717) is 0 Å². The van der Waals surface area contributed by atoms with Crippen molar-refractivity contribution in [3.8, 4) is 5.75 Å². The van der Waals surface area contributed by atoms with E-state index in [1.165, 1.54) is 0 Å². The lowest BCUT2D eigenvalue weighted by atomic mass is 9.92. The van der Waals surface area contributed by atoms with Gasteiger partial charge in [0.15, 0.2) is 0 Å². The average Bonchev–Trinajstić information content (AvgIpc) is 2.49. The molecular weight excluding hydrogens is 276 g/mol. The molecule has 0 amide bonds. The van der Waals surface area contributed by atoms with Crippen LogP contribution in [0.4, 0.5) is 8.78 Å². The van der Waals surface area contributed by atoms with E-state index in [1.54, 1.807) is 7.05 Å². The number of rotatable bonds is 6. The number of nitrogens with one attached hydrogen (secondary N) is 1. The number of halogens is 2. The molecule has 2 N–H and O–H groups in total. The second-order valence-corrected chi connectivity index (χ2v) is 4.75. The number of hydrogen-bond acceptors (Lipinski definition) is 3. The van der Waals surface area contributed by atoms with Gasteiger partial charge in [-0.05, 0) is 12.6 Å². The van der Waals surface area contributed by atoms with Crippen LogP contribution in [0.15, 0.2) is 48.5 Å². The van der Waals surface area contributed by atoms with Crippen LogP contribution in [-0.2, 0) is 5.54 Å². The Labute approximate surface area is 122 Å². The van der Waals surface area contributed by atoms with Crippen molar-refractivity contribution in [1.82, 2.24) is 5.32 Å². The monoisotopic (exact) mass is 293 g/mol. The third kappa shape index (κ3) is 3.56. The maximum atomic E-state index is 13.1. The lowest BCUT2D eigenvalue weighted by Crippen LogP contribution is -2.48. The van der Waals surface area contributed by atoms with Gasteiger partial charge in [0.1, 0.15) is 29.5 Å². The first-order valence-electron chi connectivity index (χ1n) is 6.54. The standard InChI is InChI=1S/C16H17F2NO2/c1-19-16(10-20,12-5-3-2-4-6-12)11-21-15-8-13(17)7-14(18)9-15/h2-9,19-20H,10-11H2,1H3. The zero-order valence-corrected chi connectivity index (χ0v) is 11.6. The first kappa shape index (κ1) is 15.4. The summed E-state index contributed by atoms with van der Waals surface area (Å²) in [7, 11) is 1.69. The van der Waals surface area contributed by atoms with Gasteiger partial charge in [0.25, 0.3) is 0 Å². The molecule has 0 aromatic heterocycles. The minimum absolute atomic E-state index is 0.0346. The molecule has 0 aliphatic carbocycles. The summed E-state index contributed by atoms with van der Waals surface area (Å²) in [5.74, 6) is -1.33. The first-order chi connectivity index (χ1) is 10.1. The van der Waals surface area contributed by atoms with E-state index in [0.717, 1.165) is 23.8 Å². The van der Waals surface area contributed by atoms with Crippen molar-refractivity contribution in [2.45, 2.75) is 5.54 Å². The summed E-state index contributed by atoms with van der Waals surface area (Å²) < 4.78 is 31.8. The average molecular weight is 293 g/mol. The quantitative estimate of drug-likeness (QED) is 0.859. The molecule has 0 saturated heterocycles. The summed E-state index contributed by atoms with van der Waals surface area (Å²) in [6.07, 6.45) is 0. The molecule has 2 aromatic rings. The summed E-state index contributed by atoms with van der Waals surface area (Å²) in [5, 5.41) is 12.7. The summed E-state index contributed by atoms with van der Waals surface area (Å²) >= 11 is 0. The fraction of sp³-hybridized carbons (Fsp3) is 0.250. The van der Waals surface area contributed by atoms with Crippen molar-refractivity contribution in [2.24, 2.45) is 0 Å². The molecule has 0 saturated carbocycles. The van der Waals surface area contributed by atoms with Crippen molar-refractivity contribution in [3.63, 3.8) is 0 Å². The predicted octanol–water partition coefficient (Wildman–Crippen LogP) is 2.45. The molecule has 0 fully saturated rings. The molecule has 0 spiro atoms. The van der Waals surface area contributed by atoms with E-state index >= 15 is 0 Å². The van der Waals surface area contributed by atoms with Gasteiger partial charge in [0, 0.05) is 18.2 Å². The fourth-order valence-electron chi connectivity index (χ4n) is 2.09. The second kappa shape index (κ2) is 6.65. The Morgan fingerprint density at radius 1 is 1.10 bits per heavy atom. The molecule has 5 heteroatoms. The van der Waals surface area contributed by atoms with Crippen molar-refractivity contribution in [1.29, 1.82) is 0 Å². The smallest absolute Gasteiger partial charge is 0.129 e. The molecule has 3 nitrogen and oxygen atoms in total. The minimum atomic E-state index is -0.843. The van der Waals surface area contributed by atoms with Crippen LogP contribution in [0, 0.1) is 11.6 Å². The van der Waals surface area contributed by atoms with Gasteiger partial charge in [0.05, 0.1) is 6.61 Å². The van der Waals surface area contributed by atoms with Crippen molar-refractivity contribution >= 4 is 0 Å². The van der Waals surface area contributed by atoms with E-state index in [9.17, 15) is 13.9 Å². The van der Waals surface area contributed by atoms with Crippen molar-refractivity contribution < 1.29 is 18.6 Å². The summed E-state index contributed by atoms with van der Waals surface area (Å²) in [4.78, 5) is 0. The fourth-order valence-corrected chi connectivity index (χ4v) is 2.09. The molecular formula is C16H17F2NO2. The van der Waals surface area contributed by atoms with Crippen LogP contribution in [0.25, 0.3) is 0 Å². The van der Waals surface area contributed by atoms with E-state index in [2.05, 4.69) is 5.32 Å². The Kier molecular flexibility index (Phi) is 4.88. The highest BCUT2D eigenvalue weighted by molar-refractivity contribution is 5.27. The van der Waals surface area contributed by atoms with Gasteiger partial charge >= 0.3 is 0 Å². The van der Waals surface area contributed by atoms with Crippen LogP contribution >= 0.6 is 0 Å². The van der Waals surface area contributed by atoms with E-state index in [-0.39, 0.29) is 19.0 Å². The van der Waals surface area contributed by atoms with Gasteiger partial charge in [-0.25, -0.2) is 8.78 Å². The van der Waals surface area contributed by atoms with Crippen LogP contribution in [-0.4, -0.2) is 25.4 Å². The molecule has 0 heterocycles. The highest BCUT2D eigenvalue weighted by Crippen LogP contribution is 2.23. The van der Waals surface area contributed by atoms with Crippen LogP contribution in [0.1, 0.15) is 5.56 Å². The molecule has 0 aliphatic rings. The molecule has 2 rings (SSSR count). The molecule has 0 radical (unpaired) electrons. The Morgan fingerprint density at radius 3 is 2.24 bits per heavy atom. The van der Waals surface area contributed by atoms with Crippen LogP contribution < -0.4 is 10.1 Å². The lowest BCUT2D eigenvalue weighted by molar-refractivity contribution is 0.107. The van der Waals surface area contributed by atoms with Gasteiger partial charge in [-0.1, -0.05) is 30.3 Å². The number of benzene rings is 2. The van der Waals surface area contributed by atoms with Gasteiger partial charge < -0.3 is 15.2 Å². The third-order valence-corrected chi connectivity index (χ3v) is 3.40. The Bertz CT molecular complexity index is 566. The van der Waals surface area contributed by atoms with Gasteiger partial charge in [-0.15, -0.1) is 0 Å². The predicted molar refractivity (Wildman–Crippen MR) is 76.1 cm³/mol. The van der Waals surface area contributed by atoms with Crippen molar-refractivity contribution in [2.75, 3.05) is 20.3 Å². The molecule has 2 aromatic carbocycles. The van der Waals surface area contributed by atoms with E-state index in [4.69, 9.17) is 4.74 Å². The number of ether oxygens (including phenoxy) is 1. The molecule has 0 aliphatic heterocycles. The highest BCUT2D eigenvalue weighted by atomic mass is 19.1. The molecule has 1 unspecified atom stereocenters. The number of aliphatic hydroxyl groups is 1. The molecule has 1 atom stereocenters. The van der Waals surface area contributed by atoms with Gasteiger partial charge in [-0.2, -0.15) is 0 Å². The zero-order valence-electron chi connectivity index (χ0n) is 11.6. The minimum Gasteiger partial charge on any atom is -0.491 e. The number of aliphatic hydroxyl groups excluding tert-OH is 1. The third-order valence-electron chi connectivity index (χ3n) is 3.40. The van der Waals surface area contributed by atoms with Crippen LogP contribution in [0.2, 0.25) is 0 Å². The number of hydrogen-bond donors (Lipinski definition) is 2. The van der Waals surface area contributed by atoms with Crippen molar-refractivity contribution in [3.05, 3.63) is 65.7 Å². The van der Waals surface area contributed by atoms with Gasteiger partial charge in [-0.3, -0.25) is 0 Å². The zero-order chi connectivity index (χ0) is 15.3. The topological polar surface area (TPSA) is 41.5 Å². The molecule has 21 heavy (non-hydrogen) atoms. The lowest BCUT2D eigenvalue weighted by Gasteiger charge is -2.32. The summed E-state index contributed by atoms with van der Waals surface area (Å²) in [6.45, 7) is -0.182. The Hall–Kier alpha value is -1.98. The number of likely N-dealkylation sites (N-methyl/N-ethyl adjacent to an activating group) is 1. The van der Waals surface area contributed by atoms with Crippen LogP contribution in [0.5, 0.6) is 5.75 Å². The maximum absolute atomic E-state index is 13.1. The summed E-state index contributed by atoms with van der Waals surface area (Å²) in [5.41, 5.74) is -0.0174. The molecule has 112 valence electrons. The Morgan fingerprint density at radius 2 is 1.71 bits per heavy atom. The van der Waals surface area contributed by atoms with E-state index < -0.39 is 17.2 Å². The van der Waals surface area contributed by atoms with Gasteiger partial charge in [0.2, 0.25) is 0 Å². The van der Waals surface area contributed by atoms with E-state index in [1.807, 2.05) is 30.3 Å². The SMILES string of the molecule is CNC(CO)(COc1cc(F)cc(F)c1)c1ccccc1. The second-order valence-electron chi connectivity index (χ2n) is 4.75. The normalized spacial score (nSPS) is 13.7. The highest BCUT2D eigenvalue weighted by Gasteiger charge is 2.30. The Balaban J connectivity index is 2.21. The largest absolute Gasteiger partial charge is 0.491 e. The molecule has 0 bridgehead atoms. The van der Waals surface area contributed by atoms with Crippen LogP contribution in [0.3, 0.4) is 0 Å². The first-order valence-corrected chi connectivity index (χ1v) is 6.54.